The zero-order valence-electron chi connectivity index (χ0n) is 9.54. The lowest BCUT2D eigenvalue weighted by Crippen LogP contribution is -2.47. The lowest BCUT2D eigenvalue weighted by atomic mass is 9.92. The van der Waals surface area contributed by atoms with E-state index in [1.165, 1.54) is 0 Å². The first-order chi connectivity index (χ1) is 6.86. The van der Waals surface area contributed by atoms with E-state index in [0.717, 1.165) is 6.54 Å². The Bertz CT molecular complexity index is 276. The molecule has 0 bridgehead atoms. The first-order valence-corrected chi connectivity index (χ1v) is 5.15. The predicted octanol–water partition coefficient (Wildman–Crippen LogP) is -0.129. The highest BCUT2D eigenvalue weighted by molar-refractivity contribution is 5.83. The molecular weight excluding hydrogens is 194 g/mol. The lowest BCUT2D eigenvalue weighted by molar-refractivity contribution is -0.134. The summed E-state index contributed by atoms with van der Waals surface area (Å²) in [5.41, 5.74) is 1.50. The second kappa shape index (κ2) is 4.18. The number of hydrogen-bond donors (Lipinski definition) is 2. The number of nitrogens with one attached hydrogen (secondary N) is 1. The summed E-state index contributed by atoms with van der Waals surface area (Å²) in [7, 11) is 0. The van der Waals surface area contributed by atoms with Gasteiger partial charge in [0.05, 0.1) is 5.41 Å². The number of likely N-dealkylation sites (tertiary alicyclic amines) is 1. The van der Waals surface area contributed by atoms with Crippen molar-refractivity contribution in [2.75, 3.05) is 13.1 Å². The summed E-state index contributed by atoms with van der Waals surface area (Å²) in [5, 5.41) is 0. The molecule has 0 aromatic carbocycles. The van der Waals surface area contributed by atoms with Gasteiger partial charge in [-0.2, -0.15) is 0 Å². The van der Waals surface area contributed by atoms with Crippen LogP contribution < -0.4 is 11.3 Å². The summed E-state index contributed by atoms with van der Waals surface area (Å²) in [4.78, 5) is 24.7. The normalized spacial score (nSPS) is 22.0. The molecule has 2 amide bonds. The van der Waals surface area contributed by atoms with Crippen molar-refractivity contribution in [2.45, 2.75) is 27.2 Å². The summed E-state index contributed by atoms with van der Waals surface area (Å²) in [6.07, 6.45) is 0.584. The molecule has 1 rings (SSSR count). The van der Waals surface area contributed by atoms with Gasteiger partial charge in [-0.3, -0.25) is 15.0 Å². The number of carbonyl (C=O) groups excluding carboxylic acids is 2. The van der Waals surface area contributed by atoms with Crippen LogP contribution in [0.1, 0.15) is 27.2 Å². The predicted molar refractivity (Wildman–Crippen MR) is 56.5 cm³/mol. The average molecular weight is 213 g/mol. The van der Waals surface area contributed by atoms with Gasteiger partial charge >= 0.3 is 0 Å². The van der Waals surface area contributed by atoms with Crippen LogP contribution in [0.5, 0.6) is 0 Å². The maximum atomic E-state index is 11.5. The van der Waals surface area contributed by atoms with E-state index in [0.29, 0.717) is 18.9 Å². The van der Waals surface area contributed by atoms with E-state index < -0.39 is 5.41 Å². The van der Waals surface area contributed by atoms with Crippen LogP contribution in [-0.4, -0.2) is 29.8 Å². The molecule has 0 spiro atoms. The van der Waals surface area contributed by atoms with Gasteiger partial charge in [-0.1, -0.05) is 6.92 Å². The molecule has 1 atom stereocenters. The minimum atomic E-state index is -0.630. The van der Waals surface area contributed by atoms with Crippen LogP contribution in [0.2, 0.25) is 0 Å². The van der Waals surface area contributed by atoms with Crippen molar-refractivity contribution >= 4 is 11.8 Å². The molecule has 1 heterocycles. The summed E-state index contributed by atoms with van der Waals surface area (Å²) in [5.74, 6) is 5.36. The van der Waals surface area contributed by atoms with Gasteiger partial charge in [0.25, 0.3) is 0 Å². The van der Waals surface area contributed by atoms with Gasteiger partial charge in [0.2, 0.25) is 11.8 Å². The van der Waals surface area contributed by atoms with Crippen LogP contribution in [0.3, 0.4) is 0 Å². The third-order valence-electron chi connectivity index (χ3n) is 2.74. The maximum Gasteiger partial charge on any atom is 0.241 e. The molecule has 0 aliphatic carbocycles. The Morgan fingerprint density at radius 2 is 2.27 bits per heavy atom. The molecule has 1 aliphatic rings. The van der Waals surface area contributed by atoms with Gasteiger partial charge in [0.15, 0.2) is 0 Å². The fourth-order valence-corrected chi connectivity index (χ4v) is 1.87. The Morgan fingerprint density at radius 1 is 1.67 bits per heavy atom. The van der Waals surface area contributed by atoms with Gasteiger partial charge in [0, 0.05) is 19.5 Å². The van der Waals surface area contributed by atoms with Crippen molar-refractivity contribution in [1.29, 1.82) is 0 Å². The standard InChI is InChI=1S/C10H19N3O2/c1-7-4-8(14)13(5-7)6-10(2,3)9(15)12-11/h7H,4-6,11H2,1-3H3,(H,12,15). The molecule has 1 saturated heterocycles. The molecule has 0 saturated carbocycles. The number of rotatable bonds is 3. The second-order valence-electron chi connectivity index (χ2n) is 4.94. The monoisotopic (exact) mass is 213 g/mol. The van der Waals surface area contributed by atoms with Crippen LogP contribution in [-0.2, 0) is 9.59 Å². The second-order valence-corrected chi connectivity index (χ2v) is 4.94. The Balaban J connectivity index is 2.61. The van der Waals surface area contributed by atoms with Crippen LogP contribution in [0.15, 0.2) is 0 Å². The molecule has 0 aromatic heterocycles. The summed E-state index contributed by atoms with van der Waals surface area (Å²) < 4.78 is 0. The highest BCUT2D eigenvalue weighted by atomic mass is 16.2. The molecule has 0 aromatic rings. The van der Waals surface area contributed by atoms with Gasteiger partial charge in [-0.15, -0.1) is 0 Å². The Hall–Kier alpha value is -1.10. The zero-order valence-corrected chi connectivity index (χ0v) is 9.54. The molecule has 15 heavy (non-hydrogen) atoms. The summed E-state index contributed by atoms with van der Waals surface area (Å²) in [6.45, 7) is 6.77. The van der Waals surface area contributed by atoms with E-state index in [2.05, 4.69) is 5.43 Å². The fourth-order valence-electron chi connectivity index (χ4n) is 1.87. The minimum Gasteiger partial charge on any atom is -0.341 e. The number of carbonyl (C=O) groups is 2. The van der Waals surface area contributed by atoms with Crippen molar-refractivity contribution in [1.82, 2.24) is 10.3 Å². The number of hydrazine groups is 1. The molecule has 5 heteroatoms. The highest BCUT2D eigenvalue weighted by Gasteiger charge is 2.35. The van der Waals surface area contributed by atoms with Crippen LogP contribution in [0.4, 0.5) is 0 Å². The first-order valence-electron chi connectivity index (χ1n) is 5.15. The highest BCUT2D eigenvalue weighted by Crippen LogP contribution is 2.23. The fraction of sp³-hybridized carbons (Fsp3) is 0.800. The van der Waals surface area contributed by atoms with E-state index in [1.54, 1.807) is 18.7 Å². The lowest BCUT2D eigenvalue weighted by Gasteiger charge is -2.28. The smallest absolute Gasteiger partial charge is 0.241 e. The number of hydrogen-bond acceptors (Lipinski definition) is 3. The first kappa shape index (κ1) is 12.0. The van der Waals surface area contributed by atoms with E-state index in [9.17, 15) is 9.59 Å². The van der Waals surface area contributed by atoms with Crippen molar-refractivity contribution in [3.8, 4) is 0 Å². The largest absolute Gasteiger partial charge is 0.341 e. The van der Waals surface area contributed by atoms with Gasteiger partial charge in [-0.05, 0) is 19.8 Å². The Morgan fingerprint density at radius 3 is 2.67 bits per heavy atom. The maximum absolute atomic E-state index is 11.5. The van der Waals surface area contributed by atoms with Crippen molar-refractivity contribution in [3.63, 3.8) is 0 Å². The Kier molecular flexibility index (Phi) is 3.34. The number of amides is 2. The molecule has 86 valence electrons. The zero-order chi connectivity index (χ0) is 11.6. The van der Waals surface area contributed by atoms with Crippen molar-refractivity contribution < 1.29 is 9.59 Å². The van der Waals surface area contributed by atoms with Crippen LogP contribution >= 0.6 is 0 Å². The van der Waals surface area contributed by atoms with Gasteiger partial charge in [0.1, 0.15) is 0 Å². The summed E-state index contributed by atoms with van der Waals surface area (Å²) >= 11 is 0. The van der Waals surface area contributed by atoms with E-state index in [4.69, 9.17) is 5.84 Å². The summed E-state index contributed by atoms with van der Waals surface area (Å²) in [6, 6.07) is 0. The van der Waals surface area contributed by atoms with Crippen LogP contribution in [0.25, 0.3) is 0 Å². The van der Waals surface area contributed by atoms with Gasteiger partial charge < -0.3 is 4.90 Å². The van der Waals surface area contributed by atoms with E-state index in [1.807, 2.05) is 6.92 Å². The molecule has 3 N–H and O–H groups in total. The third kappa shape index (κ3) is 2.68. The van der Waals surface area contributed by atoms with Crippen LogP contribution in [0, 0.1) is 11.3 Å². The molecule has 1 aliphatic heterocycles. The SMILES string of the molecule is CC1CC(=O)N(CC(C)(C)C(=O)NN)C1. The quantitative estimate of drug-likeness (QED) is 0.389. The molecule has 0 radical (unpaired) electrons. The molecule has 1 fully saturated rings. The van der Waals surface area contributed by atoms with Crippen molar-refractivity contribution in [3.05, 3.63) is 0 Å². The topological polar surface area (TPSA) is 75.4 Å². The molecular formula is C10H19N3O2. The minimum absolute atomic E-state index is 0.125. The molecule has 5 nitrogen and oxygen atoms in total. The third-order valence-corrected chi connectivity index (χ3v) is 2.74. The van der Waals surface area contributed by atoms with E-state index in [-0.39, 0.29) is 11.8 Å². The van der Waals surface area contributed by atoms with Gasteiger partial charge in [-0.25, -0.2) is 5.84 Å². The number of nitrogens with zero attached hydrogens (tertiary/aromatic N) is 1. The molecule has 1 unspecified atom stereocenters. The van der Waals surface area contributed by atoms with E-state index >= 15 is 0 Å². The Labute approximate surface area is 90.0 Å². The average Bonchev–Trinajstić information content (AvgIpc) is 2.43. The number of nitrogens with two attached hydrogens (primary N) is 1. The van der Waals surface area contributed by atoms with Crippen molar-refractivity contribution in [2.24, 2.45) is 17.2 Å².